The largest absolute Gasteiger partial charge is 0.459 e. The van der Waals surface area contributed by atoms with Gasteiger partial charge in [0.25, 0.3) is 5.91 Å². The third-order valence-electron chi connectivity index (χ3n) is 4.71. The lowest BCUT2D eigenvalue weighted by molar-refractivity contribution is -0.152. The minimum atomic E-state index is -1.39. The van der Waals surface area contributed by atoms with Gasteiger partial charge in [-0.2, -0.15) is 0 Å². The predicted octanol–water partition coefficient (Wildman–Crippen LogP) is 5.57. The summed E-state index contributed by atoms with van der Waals surface area (Å²) >= 11 is 0. The van der Waals surface area contributed by atoms with Crippen molar-refractivity contribution in [3.63, 3.8) is 0 Å². The molecule has 1 amide bonds. The number of anilines is 1. The number of halogens is 3. The van der Waals surface area contributed by atoms with Gasteiger partial charge in [0.2, 0.25) is 0 Å². The summed E-state index contributed by atoms with van der Waals surface area (Å²) in [6, 6.07) is 13.8. The van der Waals surface area contributed by atoms with Gasteiger partial charge in [0.1, 0.15) is 41.4 Å². The molecule has 0 unspecified atom stereocenters. The van der Waals surface area contributed by atoms with Gasteiger partial charge in [-0.3, -0.25) is 19.3 Å². The van der Waals surface area contributed by atoms with Crippen molar-refractivity contribution in [3.8, 4) is 11.1 Å². The van der Waals surface area contributed by atoms with Crippen LogP contribution < -0.4 is 4.90 Å². The first-order chi connectivity index (χ1) is 16.0. The first kappa shape index (κ1) is 24.7. The highest BCUT2D eigenvalue weighted by Gasteiger charge is 2.29. The Labute approximate surface area is 194 Å². The number of hydrogen-bond acceptors (Lipinski definition) is 4. The smallest absolute Gasteiger partial charge is 0.326 e. The van der Waals surface area contributed by atoms with Gasteiger partial charge in [-0.1, -0.05) is 36.4 Å². The van der Waals surface area contributed by atoms with E-state index in [1.54, 1.807) is 63.2 Å². The monoisotopic (exact) mass is 469 g/mol. The van der Waals surface area contributed by atoms with E-state index in [2.05, 4.69) is 0 Å². The van der Waals surface area contributed by atoms with E-state index >= 15 is 0 Å². The van der Waals surface area contributed by atoms with Crippen LogP contribution in [-0.4, -0.2) is 30.3 Å². The van der Waals surface area contributed by atoms with Crippen molar-refractivity contribution in [1.29, 1.82) is 0 Å². The van der Waals surface area contributed by atoms with Crippen LogP contribution in [-0.2, 0) is 9.53 Å². The molecule has 0 radical (unpaired) electrons. The molecule has 0 aliphatic rings. The third-order valence-corrected chi connectivity index (χ3v) is 4.71. The molecule has 3 rings (SSSR count). The quantitative estimate of drug-likeness (QED) is 0.350. The Balaban J connectivity index is 2.06. The Morgan fingerprint density at radius 1 is 0.912 bits per heavy atom. The highest BCUT2D eigenvalue weighted by Crippen LogP contribution is 2.28. The van der Waals surface area contributed by atoms with Crippen molar-refractivity contribution < 1.29 is 32.3 Å². The number of carbonyl (C=O) groups is 3. The second-order valence-electron chi connectivity index (χ2n) is 8.51. The molecule has 0 fully saturated rings. The van der Waals surface area contributed by atoms with Crippen molar-refractivity contribution in [2.75, 3.05) is 11.4 Å². The van der Waals surface area contributed by atoms with Crippen LogP contribution >= 0.6 is 0 Å². The molecule has 3 aromatic carbocycles. The fourth-order valence-electron chi connectivity index (χ4n) is 3.27. The number of carbonyl (C=O) groups excluding carboxylic acids is 3. The summed E-state index contributed by atoms with van der Waals surface area (Å²) in [4.78, 5) is 37.5. The predicted molar refractivity (Wildman–Crippen MR) is 121 cm³/mol. The van der Waals surface area contributed by atoms with Crippen molar-refractivity contribution in [3.05, 3.63) is 89.2 Å². The molecule has 0 aliphatic heterocycles. The zero-order valence-electron chi connectivity index (χ0n) is 18.8. The molecule has 8 heteroatoms. The summed E-state index contributed by atoms with van der Waals surface area (Å²) in [7, 11) is 0. The molecule has 0 aliphatic carbocycles. The zero-order valence-corrected chi connectivity index (χ0v) is 18.8. The molecule has 176 valence electrons. The van der Waals surface area contributed by atoms with Crippen LogP contribution in [0.1, 0.15) is 41.5 Å². The maximum atomic E-state index is 14.4. The van der Waals surface area contributed by atoms with E-state index in [0.717, 1.165) is 4.90 Å². The molecule has 3 aromatic rings. The van der Waals surface area contributed by atoms with E-state index in [0.29, 0.717) is 35.1 Å². The number of amides is 1. The normalized spacial score (nSPS) is 11.1. The first-order valence-corrected chi connectivity index (χ1v) is 10.3. The minimum Gasteiger partial charge on any atom is -0.459 e. The topological polar surface area (TPSA) is 63.7 Å². The summed E-state index contributed by atoms with van der Waals surface area (Å²) < 4.78 is 47.4. The highest BCUT2D eigenvalue weighted by atomic mass is 19.1. The minimum absolute atomic E-state index is 0.163. The van der Waals surface area contributed by atoms with E-state index in [1.807, 2.05) is 0 Å². The number of rotatable bonds is 6. The summed E-state index contributed by atoms with van der Waals surface area (Å²) in [5.41, 5.74) is 0.110. The first-order valence-electron chi connectivity index (χ1n) is 10.3. The van der Waals surface area contributed by atoms with Crippen molar-refractivity contribution in [2.24, 2.45) is 0 Å². The van der Waals surface area contributed by atoms with E-state index in [4.69, 9.17) is 4.74 Å². The molecule has 0 saturated heterocycles. The molecule has 0 heterocycles. The average Bonchev–Trinajstić information content (AvgIpc) is 2.75. The second-order valence-corrected chi connectivity index (χ2v) is 8.51. The van der Waals surface area contributed by atoms with Crippen LogP contribution in [0.5, 0.6) is 0 Å². The molecule has 5 nitrogen and oxygen atoms in total. The van der Waals surface area contributed by atoms with Crippen LogP contribution in [0.2, 0.25) is 0 Å². The van der Waals surface area contributed by atoms with Crippen LogP contribution in [0.25, 0.3) is 11.1 Å². The molecule has 0 atom stereocenters. The van der Waals surface area contributed by atoms with Gasteiger partial charge >= 0.3 is 5.97 Å². The van der Waals surface area contributed by atoms with Gasteiger partial charge in [0.15, 0.2) is 0 Å². The van der Waals surface area contributed by atoms with E-state index < -0.39 is 47.0 Å². The molecule has 0 spiro atoms. The van der Waals surface area contributed by atoms with Gasteiger partial charge in [-0.25, -0.2) is 13.2 Å². The van der Waals surface area contributed by atoms with Crippen molar-refractivity contribution in [1.82, 2.24) is 0 Å². The highest BCUT2D eigenvalue weighted by molar-refractivity contribution is 6.09. The van der Waals surface area contributed by atoms with Gasteiger partial charge in [0, 0.05) is 23.4 Å². The number of benzene rings is 3. The standard InChI is InChI=1S/C26H22F3NO4/c1-26(2,3)34-23(32)14-30(25(33)24-21(28)12-19(27)13-22(24)29)20-6-4-5-18(11-20)17-9-7-16(15-31)8-10-17/h4-13,15H,14H2,1-3H3. The summed E-state index contributed by atoms with van der Waals surface area (Å²) in [5.74, 6) is -5.93. The average molecular weight is 469 g/mol. The Hall–Kier alpha value is -3.94. The van der Waals surface area contributed by atoms with Crippen LogP contribution in [0.15, 0.2) is 60.7 Å². The Morgan fingerprint density at radius 3 is 2.09 bits per heavy atom. The van der Waals surface area contributed by atoms with Gasteiger partial charge in [-0.05, 0) is 44.0 Å². The number of nitrogens with zero attached hydrogens (tertiary/aromatic N) is 1. The summed E-state index contributed by atoms with van der Waals surface area (Å²) in [6.07, 6.45) is 0.702. The molecular formula is C26H22F3NO4. The fraction of sp³-hybridized carbons (Fsp3) is 0.192. The van der Waals surface area contributed by atoms with E-state index in [1.165, 1.54) is 6.07 Å². The summed E-state index contributed by atoms with van der Waals surface area (Å²) in [5, 5.41) is 0. The lowest BCUT2D eigenvalue weighted by Crippen LogP contribution is -2.39. The Bertz CT molecular complexity index is 1210. The lowest BCUT2D eigenvalue weighted by Gasteiger charge is -2.26. The van der Waals surface area contributed by atoms with E-state index in [9.17, 15) is 27.6 Å². The van der Waals surface area contributed by atoms with Gasteiger partial charge in [-0.15, -0.1) is 0 Å². The molecule has 0 bridgehead atoms. The Kier molecular flexibility index (Phi) is 7.20. The maximum absolute atomic E-state index is 14.4. The van der Waals surface area contributed by atoms with Crippen molar-refractivity contribution in [2.45, 2.75) is 26.4 Å². The molecule has 0 saturated carbocycles. The number of ether oxygens (including phenoxy) is 1. The Morgan fingerprint density at radius 2 is 1.53 bits per heavy atom. The third kappa shape index (κ3) is 5.89. The fourth-order valence-corrected chi connectivity index (χ4v) is 3.27. The summed E-state index contributed by atoms with van der Waals surface area (Å²) in [6.45, 7) is 4.28. The molecular weight excluding hydrogens is 447 g/mol. The van der Waals surface area contributed by atoms with Crippen LogP contribution in [0.3, 0.4) is 0 Å². The SMILES string of the molecule is CC(C)(C)OC(=O)CN(C(=O)c1c(F)cc(F)cc1F)c1cccc(-c2ccc(C=O)cc2)c1. The second kappa shape index (κ2) is 9.91. The van der Waals surface area contributed by atoms with Crippen LogP contribution in [0, 0.1) is 17.5 Å². The van der Waals surface area contributed by atoms with Gasteiger partial charge in [0.05, 0.1) is 0 Å². The lowest BCUT2D eigenvalue weighted by atomic mass is 10.0. The van der Waals surface area contributed by atoms with Crippen molar-refractivity contribution >= 4 is 23.9 Å². The number of hydrogen-bond donors (Lipinski definition) is 0. The molecule has 34 heavy (non-hydrogen) atoms. The number of esters is 1. The number of aldehydes is 1. The van der Waals surface area contributed by atoms with Crippen LogP contribution in [0.4, 0.5) is 18.9 Å². The maximum Gasteiger partial charge on any atom is 0.326 e. The van der Waals surface area contributed by atoms with E-state index in [-0.39, 0.29) is 5.69 Å². The zero-order chi connectivity index (χ0) is 25.0. The molecule has 0 N–H and O–H groups in total. The molecule has 0 aromatic heterocycles. The van der Waals surface area contributed by atoms with Gasteiger partial charge < -0.3 is 4.74 Å².